The SMILES string of the molecule is CCCCC(O)=C1C(=O)C[C@@H](c2ccccc2)CC1=Nc1ccc(OC)cc1. The zero-order valence-electron chi connectivity index (χ0n) is 16.5. The Bertz CT molecular complexity index is 866. The zero-order chi connectivity index (χ0) is 19.9. The lowest BCUT2D eigenvalue weighted by Crippen LogP contribution is -2.26. The summed E-state index contributed by atoms with van der Waals surface area (Å²) >= 11 is 0. The summed E-state index contributed by atoms with van der Waals surface area (Å²) in [4.78, 5) is 17.7. The molecule has 1 aliphatic carbocycles. The number of ether oxygens (including phenoxy) is 1. The van der Waals surface area contributed by atoms with Gasteiger partial charge in [-0.15, -0.1) is 0 Å². The Hall–Kier alpha value is -2.88. The highest BCUT2D eigenvalue weighted by atomic mass is 16.5. The third kappa shape index (κ3) is 4.69. The van der Waals surface area contributed by atoms with Crippen LogP contribution in [0.3, 0.4) is 0 Å². The second kappa shape index (κ2) is 9.36. The molecule has 2 aromatic carbocycles. The number of ketones is 1. The molecular weight excluding hydrogens is 350 g/mol. The lowest BCUT2D eigenvalue weighted by molar-refractivity contribution is -0.115. The van der Waals surface area contributed by atoms with Crippen LogP contribution < -0.4 is 4.74 Å². The molecule has 0 aromatic heterocycles. The van der Waals surface area contributed by atoms with E-state index in [1.54, 1.807) is 7.11 Å². The fourth-order valence-electron chi connectivity index (χ4n) is 3.57. The molecule has 146 valence electrons. The van der Waals surface area contributed by atoms with Crippen LogP contribution in [-0.2, 0) is 4.79 Å². The van der Waals surface area contributed by atoms with Crippen molar-refractivity contribution < 1.29 is 14.6 Å². The molecule has 4 heteroatoms. The van der Waals surface area contributed by atoms with Crippen molar-refractivity contribution in [2.24, 2.45) is 4.99 Å². The Balaban J connectivity index is 1.99. The first kappa shape index (κ1) is 19.9. The number of carbonyl (C=O) groups excluding carboxylic acids is 1. The third-order valence-electron chi connectivity index (χ3n) is 5.10. The number of benzene rings is 2. The fraction of sp³-hybridized carbons (Fsp3) is 0.333. The largest absolute Gasteiger partial charge is 0.511 e. The van der Waals surface area contributed by atoms with Crippen molar-refractivity contribution in [1.82, 2.24) is 0 Å². The highest BCUT2D eigenvalue weighted by molar-refractivity contribution is 6.25. The number of hydrogen-bond donors (Lipinski definition) is 1. The first-order chi connectivity index (χ1) is 13.6. The molecule has 1 N–H and O–H groups in total. The van der Waals surface area contributed by atoms with Crippen molar-refractivity contribution in [1.29, 1.82) is 0 Å². The van der Waals surface area contributed by atoms with Gasteiger partial charge in [0.1, 0.15) is 11.5 Å². The predicted octanol–water partition coefficient (Wildman–Crippen LogP) is 5.92. The van der Waals surface area contributed by atoms with Crippen molar-refractivity contribution in [3.8, 4) is 5.75 Å². The second-order valence-electron chi connectivity index (χ2n) is 7.12. The van der Waals surface area contributed by atoms with Crippen molar-refractivity contribution in [2.45, 2.75) is 44.9 Å². The Morgan fingerprint density at radius 1 is 1.11 bits per heavy atom. The fourth-order valence-corrected chi connectivity index (χ4v) is 3.57. The molecule has 1 saturated carbocycles. The maximum atomic E-state index is 13.0. The van der Waals surface area contributed by atoms with Gasteiger partial charge in [-0.05, 0) is 48.6 Å². The van der Waals surface area contributed by atoms with Gasteiger partial charge in [-0.2, -0.15) is 0 Å². The minimum atomic E-state index is -0.0269. The van der Waals surface area contributed by atoms with E-state index >= 15 is 0 Å². The van der Waals surface area contributed by atoms with Gasteiger partial charge in [0.05, 0.1) is 24.1 Å². The van der Waals surface area contributed by atoms with Gasteiger partial charge in [-0.1, -0.05) is 43.7 Å². The molecule has 1 aliphatic rings. The predicted molar refractivity (Wildman–Crippen MR) is 113 cm³/mol. The average Bonchev–Trinajstić information content (AvgIpc) is 2.73. The summed E-state index contributed by atoms with van der Waals surface area (Å²) in [5, 5.41) is 10.6. The summed E-state index contributed by atoms with van der Waals surface area (Å²) in [5.41, 5.74) is 2.96. The van der Waals surface area contributed by atoms with Crippen LogP contribution in [0.25, 0.3) is 0 Å². The number of aliphatic hydroxyl groups excluding tert-OH is 1. The number of allylic oxidation sites excluding steroid dienone is 2. The van der Waals surface area contributed by atoms with Crippen molar-refractivity contribution in [3.05, 3.63) is 71.5 Å². The highest BCUT2D eigenvalue weighted by Gasteiger charge is 2.32. The van der Waals surface area contributed by atoms with Crippen LogP contribution in [-0.4, -0.2) is 23.7 Å². The summed E-state index contributed by atoms with van der Waals surface area (Å²) < 4.78 is 5.20. The minimum absolute atomic E-state index is 0.0269. The summed E-state index contributed by atoms with van der Waals surface area (Å²) in [6.45, 7) is 2.07. The quantitative estimate of drug-likeness (QED) is 0.502. The van der Waals surface area contributed by atoms with Gasteiger partial charge in [-0.3, -0.25) is 9.79 Å². The van der Waals surface area contributed by atoms with E-state index in [1.165, 1.54) is 0 Å². The molecule has 0 bridgehead atoms. The molecular formula is C24H27NO3. The van der Waals surface area contributed by atoms with Crippen molar-refractivity contribution >= 4 is 17.2 Å². The van der Waals surface area contributed by atoms with E-state index in [4.69, 9.17) is 9.73 Å². The number of aliphatic imine (C=N–C) groups is 1. The monoisotopic (exact) mass is 377 g/mol. The number of unbranched alkanes of at least 4 members (excludes halogenated alkanes) is 1. The van der Waals surface area contributed by atoms with Crippen LogP contribution in [0.2, 0.25) is 0 Å². The standard InChI is InChI=1S/C24H27NO3/c1-3-4-10-22(26)24-21(25-19-11-13-20(28-2)14-12-19)15-18(16-23(24)27)17-8-6-5-7-9-17/h5-9,11-14,18,26H,3-4,10,15-16H2,1-2H3/t18-/m0/s1. The lowest BCUT2D eigenvalue weighted by Gasteiger charge is -2.26. The molecule has 0 heterocycles. The van der Waals surface area contributed by atoms with Gasteiger partial charge < -0.3 is 9.84 Å². The number of carbonyl (C=O) groups is 1. The number of nitrogens with zero attached hydrogens (tertiary/aromatic N) is 1. The molecule has 3 rings (SSSR count). The first-order valence-corrected chi connectivity index (χ1v) is 9.84. The van der Waals surface area contributed by atoms with Crippen molar-refractivity contribution in [2.75, 3.05) is 7.11 Å². The van der Waals surface area contributed by atoms with Gasteiger partial charge in [0.25, 0.3) is 0 Å². The number of rotatable bonds is 6. The third-order valence-corrected chi connectivity index (χ3v) is 5.10. The topological polar surface area (TPSA) is 58.9 Å². The highest BCUT2D eigenvalue weighted by Crippen LogP contribution is 2.35. The molecule has 0 radical (unpaired) electrons. The molecule has 28 heavy (non-hydrogen) atoms. The number of Topliss-reactive ketones (excluding diaryl/α,β-unsaturated/α-hetero) is 1. The van der Waals surface area contributed by atoms with Gasteiger partial charge in [0.15, 0.2) is 5.78 Å². The Morgan fingerprint density at radius 2 is 1.82 bits per heavy atom. The minimum Gasteiger partial charge on any atom is -0.511 e. The van der Waals surface area contributed by atoms with Crippen LogP contribution in [0.5, 0.6) is 5.75 Å². The van der Waals surface area contributed by atoms with Gasteiger partial charge in [0, 0.05) is 12.8 Å². The Kier molecular flexibility index (Phi) is 6.64. The molecule has 0 amide bonds. The Labute approximate surface area is 166 Å². The van der Waals surface area contributed by atoms with Crippen LogP contribution in [0.1, 0.15) is 50.5 Å². The van der Waals surface area contributed by atoms with E-state index in [-0.39, 0.29) is 17.5 Å². The Morgan fingerprint density at radius 3 is 2.46 bits per heavy atom. The van der Waals surface area contributed by atoms with E-state index < -0.39 is 0 Å². The number of methoxy groups -OCH3 is 1. The first-order valence-electron chi connectivity index (χ1n) is 9.84. The summed E-state index contributed by atoms with van der Waals surface area (Å²) in [5.74, 6) is 0.979. The smallest absolute Gasteiger partial charge is 0.168 e. The van der Waals surface area contributed by atoms with Gasteiger partial charge in [0.2, 0.25) is 0 Å². The van der Waals surface area contributed by atoms with Crippen LogP contribution in [0.4, 0.5) is 5.69 Å². The summed E-state index contributed by atoms with van der Waals surface area (Å²) in [6.07, 6.45) is 3.35. The molecule has 2 aromatic rings. The molecule has 0 aliphatic heterocycles. The molecule has 0 unspecified atom stereocenters. The van der Waals surface area contributed by atoms with E-state index in [2.05, 4.69) is 19.1 Å². The summed E-state index contributed by atoms with van der Waals surface area (Å²) in [7, 11) is 1.62. The van der Waals surface area contributed by atoms with Crippen LogP contribution in [0.15, 0.2) is 70.9 Å². The molecule has 4 nitrogen and oxygen atoms in total. The van der Waals surface area contributed by atoms with Crippen LogP contribution in [0, 0.1) is 0 Å². The average molecular weight is 377 g/mol. The van der Waals surface area contributed by atoms with Crippen molar-refractivity contribution in [3.63, 3.8) is 0 Å². The van der Waals surface area contributed by atoms with E-state index in [0.717, 1.165) is 29.8 Å². The maximum Gasteiger partial charge on any atom is 0.168 e. The molecule has 1 fully saturated rings. The summed E-state index contributed by atoms with van der Waals surface area (Å²) in [6, 6.07) is 17.5. The number of hydrogen-bond acceptors (Lipinski definition) is 4. The van der Waals surface area contributed by atoms with Gasteiger partial charge in [-0.25, -0.2) is 0 Å². The molecule has 0 saturated heterocycles. The maximum absolute atomic E-state index is 13.0. The van der Waals surface area contributed by atoms with E-state index in [0.29, 0.717) is 30.5 Å². The van der Waals surface area contributed by atoms with E-state index in [9.17, 15) is 9.90 Å². The number of aliphatic hydroxyl groups is 1. The lowest BCUT2D eigenvalue weighted by atomic mass is 9.78. The second-order valence-corrected chi connectivity index (χ2v) is 7.12. The van der Waals surface area contributed by atoms with Crippen LogP contribution >= 0.6 is 0 Å². The van der Waals surface area contributed by atoms with Gasteiger partial charge >= 0.3 is 0 Å². The normalized spacial score (nSPS) is 20.3. The van der Waals surface area contributed by atoms with E-state index in [1.807, 2.05) is 42.5 Å². The molecule has 0 spiro atoms. The molecule has 1 atom stereocenters. The zero-order valence-corrected chi connectivity index (χ0v) is 16.5.